The molecule has 3 N–H and O–H groups in total. The van der Waals surface area contributed by atoms with Crippen LogP contribution < -0.4 is 0 Å². The summed E-state index contributed by atoms with van der Waals surface area (Å²) in [6.07, 6.45) is 73.5. The molecular formula is C60H114O6Y. The van der Waals surface area contributed by atoms with Crippen LogP contribution in [-0.2, 0) is 47.1 Å². The maximum atomic E-state index is 10.3. The molecular weight excluding hydrogens is 906 g/mol. The van der Waals surface area contributed by atoms with Gasteiger partial charge in [-0.05, 0) is 38.5 Å². The van der Waals surface area contributed by atoms with Gasteiger partial charge < -0.3 is 15.3 Å². The minimum absolute atomic E-state index is 0. The molecule has 6 nitrogen and oxygen atoms in total. The Hall–Kier alpha value is -1.27. The van der Waals surface area contributed by atoms with Crippen molar-refractivity contribution in [2.75, 3.05) is 0 Å². The molecule has 0 spiro atoms. The van der Waals surface area contributed by atoms with E-state index in [2.05, 4.69) is 20.8 Å². The molecule has 0 aliphatic heterocycles. The first kappa shape index (κ1) is 72.3. The van der Waals surface area contributed by atoms with E-state index in [9.17, 15) is 14.4 Å². The zero-order valence-corrected chi connectivity index (χ0v) is 47.9. The van der Waals surface area contributed by atoms with E-state index in [1.54, 1.807) is 18.2 Å². The molecule has 7 heteroatoms. The third-order valence-electron chi connectivity index (χ3n) is 12.7. The number of hydrogen-bond donors (Lipinski definition) is 3. The zero-order chi connectivity index (χ0) is 48.9. The first-order valence-electron chi connectivity index (χ1n) is 29.0. The van der Waals surface area contributed by atoms with Crippen LogP contribution in [0.15, 0.2) is 36.5 Å². The molecule has 0 heterocycles. The van der Waals surface area contributed by atoms with Crippen LogP contribution in [-0.4, -0.2) is 33.2 Å². The van der Waals surface area contributed by atoms with Gasteiger partial charge in [-0.25, -0.2) is 14.4 Å². The predicted molar refractivity (Wildman–Crippen MR) is 289 cm³/mol. The van der Waals surface area contributed by atoms with Crippen molar-refractivity contribution in [3.63, 3.8) is 0 Å². The summed E-state index contributed by atoms with van der Waals surface area (Å²) >= 11 is 0. The van der Waals surface area contributed by atoms with E-state index in [1.165, 1.54) is 288 Å². The largest absolute Gasteiger partial charge is 0.478 e. The van der Waals surface area contributed by atoms with Crippen molar-refractivity contribution >= 4 is 17.9 Å². The standard InChI is InChI=1S/3C20H38O2.Y/c3*1-2-3-4-5-6-7-8-9-10-11-12-13-14-15-16-17-18-19-20(21)22;/h3*18-19H,2-17H2,1H3,(H,21,22);. The number of hydrogen-bond acceptors (Lipinski definition) is 3. The van der Waals surface area contributed by atoms with Gasteiger partial charge in [0.2, 0.25) is 0 Å². The molecule has 0 aromatic carbocycles. The van der Waals surface area contributed by atoms with Gasteiger partial charge in [-0.1, -0.05) is 309 Å². The van der Waals surface area contributed by atoms with Gasteiger partial charge in [0, 0.05) is 50.9 Å². The van der Waals surface area contributed by atoms with Crippen molar-refractivity contribution in [1.82, 2.24) is 0 Å². The Morgan fingerprint density at radius 1 is 0.239 bits per heavy atom. The fourth-order valence-corrected chi connectivity index (χ4v) is 8.45. The first-order chi connectivity index (χ1) is 32.3. The van der Waals surface area contributed by atoms with Crippen LogP contribution in [0, 0.1) is 0 Å². The SMILES string of the molecule is CCCCCCCCCCCCCCCCCC=CC(=O)O.CCCCCCCCCCCCCCCCCC=CC(=O)O.CCCCCCCCCCCCCCCCCC=CC(=O)O.[Y]. The second-order valence-corrected chi connectivity index (χ2v) is 19.4. The Kier molecular flexibility index (Phi) is 74.4. The van der Waals surface area contributed by atoms with Crippen LogP contribution in [0.2, 0.25) is 0 Å². The van der Waals surface area contributed by atoms with E-state index < -0.39 is 17.9 Å². The molecule has 0 aromatic rings. The quantitative estimate of drug-likeness (QED) is 0.0413. The molecule has 0 rings (SSSR count). The zero-order valence-electron chi connectivity index (χ0n) is 45.0. The monoisotopic (exact) mass is 1020 g/mol. The summed E-state index contributed by atoms with van der Waals surface area (Å²) in [5, 5.41) is 25.4. The van der Waals surface area contributed by atoms with Crippen molar-refractivity contribution in [1.29, 1.82) is 0 Å². The molecule has 0 fully saturated rings. The van der Waals surface area contributed by atoms with Crippen molar-refractivity contribution in [3.05, 3.63) is 36.5 Å². The van der Waals surface area contributed by atoms with Gasteiger partial charge in [0.05, 0.1) is 0 Å². The molecule has 1 radical (unpaired) electrons. The van der Waals surface area contributed by atoms with E-state index >= 15 is 0 Å². The van der Waals surface area contributed by atoms with E-state index in [1.807, 2.05) is 0 Å². The predicted octanol–water partition coefficient (Wildman–Crippen LogP) is 20.7. The molecule has 0 saturated heterocycles. The molecule has 0 bridgehead atoms. The molecule has 0 amide bonds. The van der Waals surface area contributed by atoms with Crippen molar-refractivity contribution < 1.29 is 62.4 Å². The van der Waals surface area contributed by atoms with Crippen molar-refractivity contribution in [3.8, 4) is 0 Å². The third-order valence-corrected chi connectivity index (χ3v) is 12.7. The van der Waals surface area contributed by atoms with E-state index in [0.717, 1.165) is 38.5 Å². The summed E-state index contributed by atoms with van der Waals surface area (Å²) in [5.41, 5.74) is 0. The molecule has 67 heavy (non-hydrogen) atoms. The smallest absolute Gasteiger partial charge is 0.327 e. The maximum Gasteiger partial charge on any atom is 0.327 e. The fourth-order valence-electron chi connectivity index (χ4n) is 8.45. The van der Waals surface area contributed by atoms with E-state index in [-0.39, 0.29) is 32.7 Å². The van der Waals surface area contributed by atoms with E-state index in [4.69, 9.17) is 15.3 Å². The number of carboxylic acids is 3. The number of allylic oxidation sites excluding steroid dienone is 3. The Balaban J connectivity index is -0.000000441. The number of unbranched alkanes of at least 4 members (excludes halogenated alkanes) is 45. The van der Waals surface area contributed by atoms with Crippen LogP contribution in [0.5, 0.6) is 0 Å². The summed E-state index contributed by atoms with van der Waals surface area (Å²) in [4.78, 5) is 30.8. The van der Waals surface area contributed by atoms with Gasteiger partial charge in [-0.3, -0.25) is 0 Å². The van der Waals surface area contributed by atoms with Crippen molar-refractivity contribution in [2.24, 2.45) is 0 Å². The Bertz CT molecular complexity index is 911. The summed E-state index contributed by atoms with van der Waals surface area (Å²) in [7, 11) is 0. The minimum Gasteiger partial charge on any atom is -0.478 e. The van der Waals surface area contributed by atoms with Gasteiger partial charge in [-0.2, -0.15) is 0 Å². The Morgan fingerprint density at radius 3 is 0.478 bits per heavy atom. The average Bonchev–Trinajstić information content (AvgIpc) is 3.29. The number of carboxylic acid groups (broad SMARTS) is 3. The summed E-state index contributed by atoms with van der Waals surface area (Å²) in [5.74, 6) is -2.50. The van der Waals surface area contributed by atoms with Gasteiger partial charge in [0.15, 0.2) is 0 Å². The first-order valence-corrected chi connectivity index (χ1v) is 29.0. The number of carbonyl (C=O) groups is 3. The average molecular weight is 1020 g/mol. The molecule has 0 aliphatic rings. The fraction of sp³-hybridized carbons (Fsp3) is 0.850. The van der Waals surface area contributed by atoms with Crippen LogP contribution in [0.25, 0.3) is 0 Å². The second kappa shape index (κ2) is 69.0. The Morgan fingerprint density at radius 2 is 0.358 bits per heavy atom. The van der Waals surface area contributed by atoms with Gasteiger partial charge >= 0.3 is 17.9 Å². The molecule has 0 aromatic heterocycles. The molecule has 0 aliphatic carbocycles. The normalized spacial score (nSPS) is 11.1. The van der Waals surface area contributed by atoms with Gasteiger partial charge in [-0.15, -0.1) is 0 Å². The van der Waals surface area contributed by atoms with Gasteiger partial charge in [0.25, 0.3) is 0 Å². The topological polar surface area (TPSA) is 112 Å². The number of aliphatic carboxylic acids is 3. The minimum atomic E-state index is -0.832. The second-order valence-electron chi connectivity index (χ2n) is 19.4. The molecule has 0 atom stereocenters. The molecule has 393 valence electrons. The van der Waals surface area contributed by atoms with Crippen LogP contribution in [0.4, 0.5) is 0 Å². The van der Waals surface area contributed by atoms with E-state index in [0.29, 0.717) is 0 Å². The van der Waals surface area contributed by atoms with Crippen LogP contribution >= 0.6 is 0 Å². The summed E-state index contributed by atoms with van der Waals surface area (Å²) in [6, 6.07) is 0. The third kappa shape index (κ3) is 82.0. The molecule has 0 unspecified atom stereocenters. The maximum absolute atomic E-state index is 10.3. The molecule has 0 saturated carbocycles. The van der Waals surface area contributed by atoms with Crippen LogP contribution in [0.3, 0.4) is 0 Å². The van der Waals surface area contributed by atoms with Crippen LogP contribution in [0.1, 0.15) is 329 Å². The van der Waals surface area contributed by atoms with Crippen molar-refractivity contribution in [2.45, 2.75) is 329 Å². The summed E-state index contributed by atoms with van der Waals surface area (Å²) in [6.45, 7) is 6.82. The summed E-state index contributed by atoms with van der Waals surface area (Å²) < 4.78 is 0. The Labute approximate surface area is 442 Å². The number of rotatable bonds is 51. The van der Waals surface area contributed by atoms with Gasteiger partial charge in [0.1, 0.15) is 0 Å².